The second-order valence-corrected chi connectivity index (χ2v) is 8.26. The Morgan fingerprint density at radius 2 is 1.39 bits per heavy atom. The molecule has 0 bridgehead atoms. The van der Waals surface area contributed by atoms with Crippen LogP contribution in [0.3, 0.4) is 0 Å². The SMILES string of the molecule is CC(O)C(N)C(=O)NC(C(=O)NC(CCC(=O)O)C(=O)NC(Cc1ccc(O)cc1)C(=O)O)C(C)O. The summed E-state index contributed by atoms with van der Waals surface area (Å²) in [5.74, 6) is -5.76. The van der Waals surface area contributed by atoms with E-state index in [2.05, 4.69) is 16.0 Å². The van der Waals surface area contributed by atoms with Crippen molar-refractivity contribution in [3.8, 4) is 5.75 Å². The number of carboxylic acids is 2. The number of phenols is 1. The average Bonchev–Trinajstić information content (AvgIpc) is 2.79. The number of carbonyl (C=O) groups excluding carboxylic acids is 3. The van der Waals surface area contributed by atoms with Crippen molar-refractivity contribution in [1.82, 2.24) is 16.0 Å². The van der Waals surface area contributed by atoms with Gasteiger partial charge in [-0.3, -0.25) is 19.2 Å². The lowest BCUT2D eigenvalue weighted by Crippen LogP contribution is -2.60. The number of nitrogens with two attached hydrogens (primary N) is 1. The molecule has 0 fully saturated rings. The molecular weight excluding hydrogens is 480 g/mol. The van der Waals surface area contributed by atoms with E-state index in [-0.39, 0.29) is 12.2 Å². The molecule has 1 aromatic carbocycles. The van der Waals surface area contributed by atoms with E-state index >= 15 is 0 Å². The minimum Gasteiger partial charge on any atom is -0.508 e. The fraction of sp³-hybridized carbons (Fsp3) is 0.500. The summed E-state index contributed by atoms with van der Waals surface area (Å²) in [5, 5.41) is 53.9. The van der Waals surface area contributed by atoms with Gasteiger partial charge in [-0.25, -0.2) is 4.79 Å². The van der Waals surface area contributed by atoms with Crippen LogP contribution in [0, 0.1) is 0 Å². The summed E-state index contributed by atoms with van der Waals surface area (Å²) in [4.78, 5) is 60.5. The minimum absolute atomic E-state index is 0.0414. The number of hydrogen-bond acceptors (Lipinski definition) is 9. The molecule has 6 atom stereocenters. The van der Waals surface area contributed by atoms with Crippen molar-refractivity contribution in [3.63, 3.8) is 0 Å². The fourth-order valence-electron chi connectivity index (χ4n) is 3.01. The molecule has 36 heavy (non-hydrogen) atoms. The van der Waals surface area contributed by atoms with E-state index in [1.165, 1.54) is 38.1 Å². The van der Waals surface area contributed by atoms with E-state index < -0.39 is 78.9 Å². The number of aliphatic hydroxyl groups is 2. The molecule has 0 aromatic heterocycles. The molecule has 3 amide bonds. The smallest absolute Gasteiger partial charge is 0.326 e. The highest BCUT2D eigenvalue weighted by Crippen LogP contribution is 2.12. The van der Waals surface area contributed by atoms with Crippen molar-refractivity contribution in [3.05, 3.63) is 29.8 Å². The molecule has 0 radical (unpaired) electrons. The van der Waals surface area contributed by atoms with Crippen molar-refractivity contribution < 1.29 is 49.5 Å². The van der Waals surface area contributed by atoms with E-state index in [0.717, 1.165) is 0 Å². The van der Waals surface area contributed by atoms with Gasteiger partial charge in [-0.05, 0) is 38.0 Å². The lowest BCUT2D eigenvalue weighted by atomic mass is 10.0. The fourth-order valence-corrected chi connectivity index (χ4v) is 3.01. The van der Waals surface area contributed by atoms with Gasteiger partial charge >= 0.3 is 11.9 Å². The zero-order chi connectivity index (χ0) is 27.6. The van der Waals surface area contributed by atoms with E-state index in [9.17, 15) is 44.4 Å². The molecule has 0 spiro atoms. The second kappa shape index (κ2) is 14.0. The number of hydrogen-bond donors (Lipinski definition) is 9. The Labute approximate surface area is 206 Å². The largest absolute Gasteiger partial charge is 0.508 e. The molecule has 0 saturated carbocycles. The van der Waals surface area contributed by atoms with Crippen molar-refractivity contribution in [1.29, 1.82) is 0 Å². The van der Waals surface area contributed by atoms with Crippen LogP contribution >= 0.6 is 0 Å². The first-order valence-electron chi connectivity index (χ1n) is 11.0. The van der Waals surface area contributed by atoms with Crippen LogP contribution in [0.1, 0.15) is 32.3 Å². The molecule has 1 rings (SSSR count). The quantitative estimate of drug-likeness (QED) is 0.125. The topological polar surface area (TPSA) is 249 Å². The third kappa shape index (κ3) is 9.85. The summed E-state index contributed by atoms with van der Waals surface area (Å²) in [7, 11) is 0. The molecule has 0 aliphatic carbocycles. The first-order valence-corrected chi connectivity index (χ1v) is 11.0. The summed E-state index contributed by atoms with van der Waals surface area (Å²) in [6, 6.07) is -0.443. The predicted octanol–water partition coefficient (Wildman–Crippen LogP) is -2.57. The van der Waals surface area contributed by atoms with Gasteiger partial charge in [0, 0.05) is 12.8 Å². The Kier molecular flexibility index (Phi) is 11.7. The van der Waals surface area contributed by atoms with Gasteiger partial charge in [-0.15, -0.1) is 0 Å². The summed E-state index contributed by atoms with van der Waals surface area (Å²) in [6.07, 6.45) is -3.90. The number of aliphatic hydroxyl groups excluding tert-OH is 2. The Balaban J connectivity index is 3.03. The standard InChI is InChI=1S/C22H32N4O10/c1-10(27)17(23)20(33)26-18(11(2)28)21(34)24-14(7-8-16(30)31)19(32)25-15(22(35)36)9-12-3-5-13(29)6-4-12/h3-6,10-11,14-15,17-18,27-29H,7-9,23H2,1-2H3,(H,24,34)(H,25,32)(H,26,33)(H,30,31)(H,35,36). The highest BCUT2D eigenvalue weighted by molar-refractivity contribution is 5.94. The third-order valence-electron chi connectivity index (χ3n) is 5.16. The molecule has 0 aliphatic rings. The van der Waals surface area contributed by atoms with E-state index in [1.807, 2.05) is 0 Å². The summed E-state index contributed by atoms with van der Waals surface area (Å²) < 4.78 is 0. The molecule has 14 heteroatoms. The zero-order valence-electron chi connectivity index (χ0n) is 19.7. The molecule has 10 N–H and O–H groups in total. The van der Waals surface area contributed by atoms with Crippen LogP contribution in [-0.4, -0.2) is 91.6 Å². The third-order valence-corrected chi connectivity index (χ3v) is 5.16. The number of aromatic hydroxyl groups is 1. The van der Waals surface area contributed by atoms with E-state index in [1.54, 1.807) is 0 Å². The first-order chi connectivity index (χ1) is 16.7. The van der Waals surface area contributed by atoms with Gasteiger partial charge in [0.2, 0.25) is 17.7 Å². The van der Waals surface area contributed by atoms with Crippen molar-refractivity contribution in [2.24, 2.45) is 5.73 Å². The molecule has 14 nitrogen and oxygen atoms in total. The minimum atomic E-state index is -1.62. The van der Waals surface area contributed by atoms with Gasteiger partial charge in [0.15, 0.2) is 0 Å². The summed E-state index contributed by atoms with van der Waals surface area (Å²) in [5.41, 5.74) is 5.99. The van der Waals surface area contributed by atoms with Gasteiger partial charge < -0.3 is 47.2 Å². The monoisotopic (exact) mass is 512 g/mol. The van der Waals surface area contributed by atoms with Crippen LogP contribution in [0.4, 0.5) is 0 Å². The van der Waals surface area contributed by atoms with Crippen molar-refractivity contribution in [2.45, 2.75) is 69.5 Å². The summed E-state index contributed by atoms with van der Waals surface area (Å²) >= 11 is 0. The van der Waals surface area contributed by atoms with Gasteiger partial charge in [0.05, 0.1) is 12.2 Å². The lowest BCUT2D eigenvalue weighted by molar-refractivity contribution is -0.143. The van der Waals surface area contributed by atoms with E-state index in [0.29, 0.717) is 5.56 Å². The first kappa shape index (κ1) is 30.3. The van der Waals surface area contributed by atoms with Crippen LogP contribution < -0.4 is 21.7 Å². The number of nitrogens with one attached hydrogen (secondary N) is 3. The Hall–Kier alpha value is -3.75. The maximum atomic E-state index is 12.8. The van der Waals surface area contributed by atoms with Gasteiger partial charge in [0.1, 0.15) is 29.9 Å². The Bertz CT molecular complexity index is 935. The van der Waals surface area contributed by atoms with Crippen LogP contribution in [0.2, 0.25) is 0 Å². The predicted molar refractivity (Wildman–Crippen MR) is 123 cm³/mol. The Morgan fingerprint density at radius 1 is 0.833 bits per heavy atom. The number of benzene rings is 1. The highest BCUT2D eigenvalue weighted by atomic mass is 16.4. The molecule has 6 unspecified atom stereocenters. The number of phenolic OH excluding ortho intramolecular Hbond substituents is 1. The normalized spacial score (nSPS) is 15.9. The number of carboxylic acid groups (broad SMARTS) is 2. The molecule has 200 valence electrons. The van der Waals surface area contributed by atoms with Crippen LogP contribution in [0.5, 0.6) is 5.75 Å². The maximum Gasteiger partial charge on any atom is 0.326 e. The highest BCUT2D eigenvalue weighted by Gasteiger charge is 2.33. The van der Waals surface area contributed by atoms with Gasteiger partial charge in [-0.1, -0.05) is 12.1 Å². The second-order valence-electron chi connectivity index (χ2n) is 8.26. The maximum absolute atomic E-state index is 12.8. The molecule has 0 heterocycles. The molecule has 0 saturated heterocycles. The molecular formula is C22H32N4O10. The van der Waals surface area contributed by atoms with Gasteiger partial charge in [-0.2, -0.15) is 0 Å². The average molecular weight is 513 g/mol. The van der Waals surface area contributed by atoms with Gasteiger partial charge in [0.25, 0.3) is 0 Å². The van der Waals surface area contributed by atoms with Crippen molar-refractivity contribution >= 4 is 29.7 Å². The van der Waals surface area contributed by atoms with Crippen LogP contribution in [-0.2, 0) is 30.4 Å². The number of aliphatic carboxylic acids is 2. The van der Waals surface area contributed by atoms with E-state index in [4.69, 9.17) is 10.8 Å². The van der Waals surface area contributed by atoms with Crippen LogP contribution in [0.25, 0.3) is 0 Å². The Morgan fingerprint density at radius 3 is 1.86 bits per heavy atom. The van der Waals surface area contributed by atoms with Crippen LogP contribution in [0.15, 0.2) is 24.3 Å². The zero-order valence-corrected chi connectivity index (χ0v) is 19.7. The molecule has 0 aliphatic heterocycles. The number of carbonyl (C=O) groups is 5. The number of amides is 3. The number of rotatable bonds is 14. The van der Waals surface area contributed by atoms with Crippen molar-refractivity contribution in [2.75, 3.05) is 0 Å². The summed E-state index contributed by atoms with van der Waals surface area (Å²) in [6.45, 7) is 2.41. The molecule has 1 aromatic rings. The lowest BCUT2D eigenvalue weighted by Gasteiger charge is -2.26.